The van der Waals surface area contributed by atoms with Crippen molar-refractivity contribution in [2.75, 3.05) is 13.2 Å². The van der Waals surface area contributed by atoms with Crippen LogP contribution in [0.25, 0.3) is 0 Å². The van der Waals surface area contributed by atoms with Crippen LogP contribution in [0.3, 0.4) is 0 Å². The highest BCUT2D eigenvalue weighted by Gasteiger charge is 2.65. The van der Waals surface area contributed by atoms with Crippen molar-refractivity contribution in [3.05, 3.63) is 12.2 Å². The van der Waals surface area contributed by atoms with Gasteiger partial charge in [-0.05, 0) is 37.0 Å². The van der Waals surface area contributed by atoms with Crippen LogP contribution in [0.1, 0.15) is 26.2 Å². The lowest BCUT2D eigenvalue weighted by Crippen LogP contribution is -2.62. The van der Waals surface area contributed by atoms with Gasteiger partial charge < -0.3 is 9.84 Å². The molecule has 2 bridgehead atoms. The molecule has 14 heavy (non-hydrogen) atoms. The highest BCUT2D eigenvalue weighted by molar-refractivity contribution is 5.82. The average molecular weight is 196 g/mol. The van der Waals surface area contributed by atoms with Gasteiger partial charge in [0, 0.05) is 12.7 Å². The molecule has 78 valence electrons. The van der Waals surface area contributed by atoms with Gasteiger partial charge in [-0.1, -0.05) is 6.08 Å². The minimum atomic E-state index is -0.254. The summed E-state index contributed by atoms with van der Waals surface area (Å²) in [5, 5.41) is 9.04. The first kappa shape index (κ1) is 9.71. The van der Waals surface area contributed by atoms with Crippen LogP contribution < -0.4 is 0 Å². The first-order valence-electron chi connectivity index (χ1n) is 5.11. The Morgan fingerprint density at radius 1 is 1.50 bits per heavy atom. The monoisotopic (exact) mass is 196 g/mol. The van der Waals surface area contributed by atoms with Crippen molar-refractivity contribution in [2.45, 2.75) is 26.2 Å². The lowest BCUT2D eigenvalue weighted by molar-refractivity contribution is -0.192. The standard InChI is InChI=1S/C11H16O3/c1-2-14-9(13)3-4-10-5-11(6-10,7-10)8-12/h3-4,12H,2,5-8H2,1H3/b4-3+. The predicted molar refractivity (Wildman–Crippen MR) is 51.6 cm³/mol. The minimum Gasteiger partial charge on any atom is -0.463 e. The van der Waals surface area contributed by atoms with E-state index in [2.05, 4.69) is 0 Å². The summed E-state index contributed by atoms with van der Waals surface area (Å²) in [6.45, 7) is 2.52. The van der Waals surface area contributed by atoms with E-state index in [-0.39, 0.29) is 16.8 Å². The Labute approximate surface area is 83.8 Å². The SMILES string of the molecule is CCOC(=O)/C=C/C12CC(CO)(C1)C2. The van der Waals surface area contributed by atoms with Gasteiger partial charge in [0.05, 0.1) is 6.61 Å². The van der Waals surface area contributed by atoms with E-state index in [0.717, 1.165) is 19.3 Å². The van der Waals surface area contributed by atoms with Crippen LogP contribution in [-0.2, 0) is 9.53 Å². The fraction of sp³-hybridized carbons (Fsp3) is 0.727. The molecule has 0 aliphatic heterocycles. The molecule has 0 spiro atoms. The number of carbonyl (C=O) groups excluding carboxylic acids is 1. The van der Waals surface area contributed by atoms with Crippen LogP contribution in [-0.4, -0.2) is 24.3 Å². The topological polar surface area (TPSA) is 46.5 Å². The zero-order chi connectivity index (χ0) is 10.2. The van der Waals surface area contributed by atoms with E-state index < -0.39 is 0 Å². The summed E-state index contributed by atoms with van der Waals surface area (Å²) >= 11 is 0. The Morgan fingerprint density at radius 2 is 2.14 bits per heavy atom. The molecule has 3 aliphatic rings. The fourth-order valence-corrected chi connectivity index (χ4v) is 2.86. The molecule has 0 heterocycles. The summed E-state index contributed by atoms with van der Waals surface area (Å²) in [4.78, 5) is 11.0. The Morgan fingerprint density at radius 3 is 2.64 bits per heavy atom. The van der Waals surface area contributed by atoms with Crippen LogP contribution >= 0.6 is 0 Å². The molecule has 0 saturated heterocycles. The molecule has 3 nitrogen and oxygen atoms in total. The second-order valence-corrected chi connectivity index (χ2v) is 4.64. The molecule has 3 rings (SSSR count). The van der Waals surface area contributed by atoms with E-state index in [1.165, 1.54) is 6.08 Å². The highest BCUT2D eigenvalue weighted by atomic mass is 16.5. The molecule has 0 atom stereocenters. The average Bonchev–Trinajstić information content (AvgIpc) is 2.00. The number of allylic oxidation sites excluding steroid dienone is 1. The Hall–Kier alpha value is -0.830. The number of hydrogen-bond acceptors (Lipinski definition) is 3. The Kier molecular flexibility index (Phi) is 2.14. The van der Waals surface area contributed by atoms with Gasteiger partial charge in [-0.2, -0.15) is 0 Å². The maximum absolute atomic E-state index is 11.0. The number of hydrogen-bond donors (Lipinski definition) is 1. The third kappa shape index (κ3) is 1.36. The lowest BCUT2D eigenvalue weighted by Gasteiger charge is -2.69. The molecule has 3 fully saturated rings. The van der Waals surface area contributed by atoms with Crippen LogP contribution in [0, 0.1) is 10.8 Å². The van der Waals surface area contributed by atoms with Gasteiger partial charge in [-0.25, -0.2) is 4.79 Å². The second kappa shape index (κ2) is 3.09. The van der Waals surface area contributed by atoms with E-state index in [4.69, 9.17) is 9.84 Å². The highest BCUT2D eigenvalue weighted by Crippen LogP contribution is 2.73. The van der Waals surface area contributed by atoms with Gasteiger partial charge in [-0.3, -0.25) is 0 Å². The van der Waals surface area contributed by atoms with Crippen LogP contribution in [0.5, 0.6) is 0 Å². The largest absolute Gasteiger partial charge is 0.463 e. The minimum absolute atomic E-state index is 0.207. The molecule has 1 N–H and O–H groups in total. The predicted octanol–water partition coefficient (Wildman–Crippen LogP) is 1.27. The number of carbonyl (C=O) groups is 1. The molecular formula is C11H16O3. The van der Waals surface area contributed by atoms with Crippen molar-refractivity contribution in [1.29, 1.82) is 0 Å². The molecule has 0 amide bonds. The molecule has 3 saturated carbocycles. The third-order valence-corrected chi connectivity index (χ3v) is 3.38. The summed E-state index contributed by atoms with van der Waals surface area (Å²) in [5.74, 6) is -0.254. The fourth-order valence-electron chi connectivity index (χ4n) is 2.86. The van der Waals surface area contributed by atoms with Crippen molar-refractivity contribution >= 4 is 5.97 Å². The number of ether oxygens (including phenoxy) is 1. The summed E-state index contributed by atoms with van der Waals surface area (Å²) in [6.07, 6.45) is 6.59. The Balaban J connectivity index is 1.81. The first-order chi connectivity index (χ1) is 6.64. The smallest absolute Gasteiger partial charge is 0.330 e. The van der Waals surface area contributed by atoms with Crippen molar-refractivity contribution in [2.24, 2.45) is 10.8 Å². The van der Waals surface area contributed by atoms with E-state index in [1.807, 2.05) is 6.08 Å². The van der Waals surface area contributed by atoms with E-state index in [0.29, 0.717) is 13.2 Å². The van der Waals surface area contributed by atoms with Gasteiger partial charge in [-0.15, -0.1) is 0 Å². The first-order valence-corrected chi connectivity index (χ1v) is 5.11. The third-order valence-electron chi connectivity index (χ3n) is 3.38. The Bertz CT molecular complexity index is 260. The van der Waals surface area contributed by atoms with Gasteiger partial charge in [0.1, 0.15) is 0 Å². The molecule has 0 aromatic carbocycles. The van der Waals surface area contributed by atoms with Crippen molar-refractivity contribution in [3.8, 4) is 0 Å². The molecular weight excluding hydrogens is 180 g/mol. The summed E-state index contributed by atoms with van der Waals surface area (Å²) < 4.78 is 4.80. The normalized spacial score (nSPS) is 39.0. The number of rotatable bonds is 4. The van der Waals surface area contributed by atoms with Crippen LogP contribution in [0.15, 0.2) is 12.2 Å². The zero-order valence-electron chi connectivity index (χ0n) is 8.45. The summed E-state index contributed by atoms with van der Waals surface area (Å²) in [6, 6.07) is 0. The zero-order valence-corrected chi connectivity index (χ0v) is 8.45. The van der Waals surface area contributed by atoms with Crippen LogP contribution in [0.4, 0.5) is 0 Å². The molecule has 3 aliphatic carbocycles. The molecule has 0 radical (unpaired) electrons. The maximum Gasteiger partial charge on any atom is 0.330 e. The van der Waals surface area contributed by atoms with Gasteiger partial charge >= 0.3 is 5.97 Å². The quantitative estimate of drug-likeness (QED) is 0.544. The van der Waals surface area contributed by atoms with Gasteiger partial charge in [0.25, 0.3) is 0 Å². The number of esters is 1. The van der Waals surface area contributed by atoms with Crippen LogP contribution in [0.2, 0.25) is 0 Å². The van der Waals surface area contributed by atoms with E-state index in [1.54, 1.807) is 6.92 Å². The second-order valence-electron chi connectivity index (χ2n) is 4.64. The molecule has 0 aromatic rings. The van der Waals surface area contributed by atoms with Crippen molar-refractivity contribution in [3.63, 3.8) is 0 Å². The summed E-state index contributed by atoms with van der Waals surface area (Å²) in [5.41, 5.74) is 0.425. The van der Waals surface area contributed by atoms with Gasteiger partial charge in [0.15, 0.2) is 0 Å². The number of aliphatic hydroxyl groups is 1. The molecule has 0 aromatic heterocycles. The summed E-state index contributed by atoms with van der Waals surface area (Å²) in [7, 11) is 0. The molecule has 3 heteroatoms. The maximum atomic E-state index is 11.0. The van der Waals surface area contributed by atoms with E-state index >= 15 is 0 Å². The number of aliphatic hydroxyl groups excluding tert-OH is 1. The van der Waals surface area contributed by atoms with Gasteiger partial charge in [0.2, 0.25) is 0 Å². The lowest BCUT2D eigenvalue weighted by atomic mass is 9.35. The van der Waals surface area contributed by atoms with Crippen molar-refractivity contribution in [1.82, 2.24) is 0 Å². The molecule has 0 unspecified atom stereocenters. The van der Waals surface area contributed by atoms with E-state index in [9.17, 15) is 4.79 Å². The van der Waals surface area contributed by atoms with Crippen molar-refractivity contribution < 1.29 is 14.6 Å².